The van der Waals surface area contributed by atoms with Crippen LogP contribution < -0.4 is 21.3 Å². The minimum Gasteiger partial charge on any atom is -0.480 e. The third-order valence-corrected chi connectivity index (χ3v) is 9.52. The zero-order chi connectivity index (χ0) is 35.2. The lowest BCUT2D eigenvalue weighted by Gasteiger charge is -2.29. The topological polar surface area (TPSA) is 216 Å². The lowest BCUT2D eigenvalue weighted by atomic mass is 10.0. The first-order valence-corrected chi connectivity index (χ1v) is 16.9. The summed E-state index contributed by atoms with van der Waals surface area (Å²) in [4.78, 5) is 84.9. The predicted molar refractivity (Wildman–Crippen MR) is 178 cm³/mol. The lowest BCUT2D eigenvalue weighted by Crippen LogP contribution is -2.55. The summed E-state index contributed by atoms with van der Waals surface area (Å²) in [6, 6.07) is 10.5. The van der Waals surface area contributed by atoms with Crippen molar-refractivity contribution in [2.75, 3.05) is 13.1 Å². The van der Waals surface area contributed by atoms with Gasteiger partial charge in [0.2, 0.25) is 23.6 Å². The predicted octanol–water partition coefficient (Wildman–Crippen LogP) is 0.721. The fourth-order valence-corrected chi connectivity index (χ4v) is 6.86. The van der Waals surface area contributed by atoms with Gasteiger partial charge in [0.25, 0.3) is 5.91 Å². The van der Waals surface area contributed by atoms with Crippen molar-refractivity contribution in [1.29, 1.82) is 0 Å². The first-order valence-electron chi connectivity index (χ1n) is 16.9. The van der Waals surface area contributed by atoms with Crippen LogP contribution in [0.15, 0.2) is 54.7 Å². The summed E-state index contributed by atoms with van der Waals surface area (Å²) in [7, 11) is 0. The molecule has 4 heterocycles. The maximum atomic E-state index is 14.3. The zero-order valence-electron chi connectivity index (χ0n) is 27.4. The minimum absolute atomic E-state index is 0.0135. The number of carbonyl (C=O) groups is 6. The lowest BCUT2D eigenvalue weighted by molar-refractivity contribution is -0.144. The van der Waals surface area contributed by atoms with Crippen molar-refractivity contribution in [3.63, 3.8) is 0 Å². The van der Waals surface area contributed by atoms with Gasteiger partial charge >= 0.3 is 5.97 Å². The van der Waals surface area contributed by atoms with Crippen LogP contribution in [-0.4, -0.2) is 97.9 Å². The van der Waals surface area contributed by atoms with Crippen LogP contribution in [0.25, 0.3) is 11.4 Å². The Bertz CT molecular complexity index is 1740. The van der Waals surface area contributed by atoms with Crippen LogP contribution in [0, 0.1) is 5.92 Å². The normalized spacial score (nSPS) is 23.4. The molecule has 2 aromatic heterocycles. The molecule has 4 atom stereocenters. The third kappa shape index (κ3) is 7.98. The number of aliphatic carboxylic acids is 1. The SMILES string of the molecule is O=C1CCC(C(=O)O)NC(=O)[C@@H]2C[C@@H](NC(=O)C3Cc4ccccc4C3)CN2C(=O)[C@@H](NC(=O)c2cc(-c3ccccn3)n[nH]2)CCCCN1. The molecular weight excluding hydrogens is 644 g/mol. The van der Waals surface area contributed by atoms with E-state index in [0.717, 1.165) is 11.1 Å². The maximum Gasteiger partial charge on any atom is 0.326 e. The van der Waals surface area contributed by atoms with E-state index >= 15 is 0 Å². The molecule has 0 saturated carbocycles. The van der Waals surface area contributed by atoms with E-state index in [1.165, 1.54) is 11.0 Å². The molecule has 3 aliphatic rings. The molecule has 1 aromatic carbocycles. The van der Waals surface area contributed by atoms with E-state index in [-0.39, 0.29) is 62.2 Å². The average molecular weight is 685 g/mol. The number of amides is 5. The number of carbonyl (C=O) groups excluding carboxylic acids is 5. The number of carboxylic acids is 1. The molecule has 50 heavy (non-hydrogen) atoms. The van der Waals surface area contributed by atoms with Crippen molar-refractivity contribution in [3.8, 4) is 11.4 Å². The summed E-state index contributed by atoms with van der Waals surface area (Å²) >= 11 is 0. The summed E-state index contributed by atoms with van der Waals surface area (Å²) in [6.45, 7) is 0.275. The second kappa shape index (κ2) is 15.3. The highest BCUT2D eigenvalue weighted by atomic mass is 16.4. The number of carboxylic acid groups (broad SMARTS) is 1. The number of hydrogen-bond donors (Lipinski definition) is 6. The maximum absolute atomic E-state index is 14.3. The second-order valence-electron chi connectivity index (χ2n) is 13.0. The van der Waals surface area contributed by atoms with Crippen molar-refractivity contribution < 1.29 is 33.9 Å². The molecule has 6 N–H and O–H groups in total. The molecular formula is C35H40N8O7. The number of nitrogens with one attached hydrogen (secondary N) is 5. The summed E-state index contributed by atoms with van der Waals surface area (Å²) < 4.78 is 0. The van der Waals surface area contributed by atoms with Gasteiger partial charge in [0.15, 0.2) is 0 Å². The first kappa shape index (κ1) is 34.3. The molecule has 0 spiro atoms. The van der Waals surface area contributed by atoms with E-state index < -0.39 is 47.9 Å². The Kier molecular flexibility index (Phi) is 10.5. The molecule has 0 radical (unpaired) electrons. The number of H-pyrrole nitrogens is 1. The summed E-state index contributed by atoms with van der Waals surface area (Å²) in [5, 5.41) is 27.8. The zero-order valence-corrected chi connectivity index (χ0v) is 27.4. The van der Waals surface area contributed by atoms with Crippen molar-refractivity contribution >= 4 is 35.5 Å². The smallest absolute Gasteiger partial charge is 0.326 e. The summed E-state index contributed by atoms with van der Waals surface area (Å²) in [6.07, 6.45) is 3.69. The highest BCUT2D eigenvalue weighted by Gasteiger charge is 2.44. The van der Waals surface area contributed by atoms with Gasteiger partial charge in [0, 0.05) is 37.7 Å². The monoisotopic (exact) mass is 684 g/mol. The van der Waals surface area contributed by atoms with Gasteiger partial charge in [0.05, 0.1) is 5.69 Å². The van der Waals surface area contributed by atoms with E-state index in [4.69, 9.17) is 0 Å². The molecule has 3 aromatic rings. The summed E-state index contributed by atoms with van der Waals surface area (Å²) in [5.74, 6) is -4.01. The first-order chi connectivity index (χ1) is 24.2. The Labute approximate surface area is 288 Å². The minimum atomic E-state index is -1.37. The van der Waals surface area contributed by atoms with Crippen molar-refractivity contribution in [3.05, 3.63) is 71.5 Å². The van der Waals surface area contributed by atoms with Crippen LogP contribution >= 0.6 is 0 Å². The number of benzene rings is 1. The molecule has 1 unspecified atom stereocenters. The highest BCUT2D eigenvalue weighted by Crippen LogP contribution is 2.28. The van der Waals surface area contributed by atoms with E-state index in [9.17, 15) is 33.9 Å². The molecule has 15 heteroatoms. The molecule has 2 fully saturated rings. The number of rotatable bonds is 6. The number of nitrogens with zero attached hydrogens (tertiary/aromatic N) is 3. The van der Waals surface area contributed by atoms with Crippen LogP contribution in [0.1, 0.15) is 60.1 Å². The fourth-order valence-electron chi connectivity index (χ4n) is 6.86. The Morgan fingerprint density at radius 1 is 0.920 bits per heavy atom. The van der Waals surface area contributed by atoms with Crippen LogP contribution in [0.2, 0.25) is 0 Å². The van der Waals surface area contributed by atoms with Crippen LogP contribution in [-0.2, 0) is 36.8 Å². The van der Waals surface area contributed by atoms with Gasteiger partial charge in [0.1, 0.15) is 29.5 Å². The molecule has 0 bridgehead atoms. The molecule has 5 amide bonds. The molecule has 2 saturated heterocycles. The van der Waals surface area contributed by atoms with E-state index in [2.05, 4.69) is 36.4 Å². The Balaban J connectivity index is 1.22. The van der Waals surface area contributed by atoms with E-state index in [1.54, 1.807) is 24.4 Å². The number of aromatic nitrogens is 3. The molecule has 15 nitrogen and oxygen atoms in total. The molecule has 6 rings (SSSR count). The van der Waals surface area contributed by atoms with Gasteiger partial charge in [-0.1, -0.05) is 30.3 Å². The second-order valence-corrected chi connectivity index (χ2v) is 13.0. The van der Waals surface area contributed by atoms with Crippen molar-refractivity contribution in [2.24, 2.45) is 5.92 Å². The van der Waals surface area contributed by atoms with Crippen molar-refractivity contribution in [2.45, 2.75) is 75.5 Å². The van der Waals surface area contributed by atoms with Gasteiger partial charge in [-0.25, -0.2) is 4.79 Å². The summed E-state index contributed by atoms with van der Waals surface area (Å²) in [5.41, 5.74) is 3.31. The van der Waals surface area contributed by atoms with Crippen LogP contribution in [0.5, 0.6) is 0 Å². The number of aromatic amines is 1. The van der Waals surface area contributed by atoms with Gasteiger partial charge in [-0.2, -0.15) is 5.10 Å². The quantitative estimate of drug-likeness (QED) is 0.215. The fraction of sp³-hybridized carbons (Fsp3) is 0.429. The highest BCUT2D eigenvalue weighted by molar-refractivity contribution is 5.98. The largest absolute Gasteiger partial charge is 0.480 e. The Hall–Kier alpha value is -5.60. The average Bonchev–Trinajstić information content (AvgIpc) is 3.88. The number of fused-ring (bicyclic) bond motifs is 2. The third-order valence-electron chi connectivity index (χ3n) is 9.52. The molecule has 2 aliphatic heterocycles. The van der Waals surface area contributed by atoms with Gasteiger partial charge < -0.3 is 31.3 Å². The van der Waals surface area contributed by atoms with Gasteiger partial charge in [-0.05, 0) is 74.3 Å². The standard InChI is InChI=1S/C35H40N8O7/c44-30-12-11-26(35(49)50)40-33(47)29-17-23(38-31(45)22-15-20-7-1-2-8-21(20)16-22)19-43(29)34(48)25(10-4-6-14-37-30)39-32(46)28-18-27(41-42-28)24-9-3-5-13-36-24/h1-3,5,7-9,13,18,22-23,25-26,29H,4,6,10-12,14-17,19H2,(H,37,44)(H,38,45)(H,39,46)(H,40,47)(H,41,42)(H,49,50)/t23-,25+,26?,29+/m1/s1. The van der Waals surface area contributed by atoms with Gasteiger partial charge in [-0.3, -0.25) is 34.1 Å². The van der Waals surface area contributed by atoms with E-state index in [1.807, 2.05) is 24.3 Å². The van der Waals surface area contributed by atoms with Crippen LogP contribution in [0.3, 0.4) is 0 Å². The number of hydrogen-bond acceptors (Lipinski definition) is 8. The molecule has 1 aliphatic carbocycles. The Morgan fingerprint density at radius 2 is 1.68 bits per heavy atom. The number of pyridine rings is 1. The Morgan fingerprint density at radius 3 is 2.40 bits per heavy atom. The van der Waals surface area contributed by atoms with Gasteiger partial charge in [-0.15, -0.1) is 0 Å². The van der Waals surface area contributed by atoms with Crippen LogP contribution in [0.4, 0.5) is 0 Å². The molecule has 262 valence electrons. The van der Waals surface area contributed by atoms with Crippen molar-refractivity contribution in [1.82, 2.24) is 41.3 Å². The van der Waals surface area contributed by atoms with E-state index in [0.29, 0.717) is 37.1 Å².